The molecule has 106 valence electrons. The van der Waals surface area contributed by atoms with Crippen molar-refractivity contribution in [3.8, 4) is 0 Å². The van der Waals surface area contributed by atoms with Crippen LogP contribution in [0.1, 0.15) is 34.6 Å². The molecule has 1 unspecified atom stereocenters. The van der Waals surface area contributed by atoms with Crippen LogP contribution >= 0.6 is 0 Å². The average molecular weight is 327 g/mol. The van der Waals surface area contributed by atoms with Crippen LogP contribution in [0.2, 0.25) is 4.82 Å². The number of rotatable bonds is 5. The van der Waals surface area contributed by atoms with Crippen molar-refractivity contribution >= 4 is 25.4 Å². The molecule has 0 fully saturated rings. The average Bonchev–Trinajstić information content (AvgIpc) is 2.35. The maximum atomic E-state index is 12.2. The second-order valence-electron chi connectivity index (χ2n) is 5.76. The molecule has 0 saturated heterocycles. The molecule has 2 atom stereocenters. The summed E-state index contributed by atoms with van der Waals surface area (Å²) in [6.07, 6.45) is 0. The summed E-state index contributed by atoms with van der Waals surface area (Å²) in [6.45, 7) is 11.0. The van der Waals surface area contributed by atoms with Gasteiger partial charge in [0.2, 0.25) is 0 Å². The van der Waals surface area contributed by atoms with Gasteiger partial charge in [-0.15, -0.1) is 0 Å². The molecule has 0 heterocycles. The molecule has 0 aliphatic heterocycles. The van der Waals surface area contributed by atoms with E-state index in [1.165, 1.54) is 4.46 Å². The van der Waals surface area contributed by atoms with Crippen LogP contribution in [0.4, 0.5) is 0 Å². The zero-order valence-electron chi connectivity index (χ0n) is 12.5. The van der Waals surface area contributed by atoms with Gasteiger partial charge in [-0.05, 0) is 0 Å². The number of esters is 1. The number of carbonyl (C=O) groups excluding carboxylic acids is 1. The first-order valence-electron chi connectivity index (χ1n) is 6.74. The van der Waals surface area contributed by atoms with Crippen LogP contribution in [0.15, 0.2) is 30.3 Å². The second-order valence-corrected chi connectivity index (χ2v) is 8.31. The van der Waals surface area contributed by atoms with E-state index in [-0.39, 0.29) is 31.2 Å². The third-order valence-electron chi connectivity index (χ3n) is 3.35. The fourth-order valence-corrected chi connectivity index (χ4v) is 4.58. The van der Waals surface area contributed by atoms with Crippen LogP contribution in [-0.2, 0) is 9.53 Å². The quantitative estimate of drug-likeness (QED) is 0.614. The molecule has 0 amide bonds. The zero-order chi connectivity index (χ0) is 14.5. The third kappa shape index (κ3) is 5.00. The number of carbonyl (C=O) groups is 1. The summed E-state index contributed by atoms with van der Waals surface area (Å²) in [6, 6.07) is 10.3. The fraction of sp³-hybridized carbons (Fsp3) is 0.562. The van der Waals surface area contributed by atoms with E-state index in [0.717, 1.165) is 0 Å². The third-order valence-corrected chi connectivity index (χ3v) is 6.28. The van der Waals surface area contributed by atoms with Gasteiger partial charge in [0.25, 0.3) is 0 Å². The molecule has 0 aliphatic carbocycles. The Balaban J connectivity index is 2.90. The van der Waals surface area contributed by atoms with Gasteiger partial charge in [-0.25, -0.2) is 0 Å². The van der Waals surface area contributed by atoms with E-state index in [1.54, 1.807) is 0 Å². The maximum absolute atomic E-state index is 12.2. The Morgan fingerprint density at radius 3 is 2.32 bits per heavy atom. The number of hydrogen-bond acceptors (Lipinski definition) is 2. The summed E-state index contributed by atoms with van der Waals surface area (Å²) < 4.78 is 6.52. The molecule has 0 aromatic heterocycles. The fourth-order valence-electron chi connectivity index (χ4n) is 1.68. The van der Waals surface area contributed by atoms with Crippen LogP contribution in [0.5, 0.6) is 0 Å². The van der Waals surface area contributed by atoms with Crippen molar-refractivity contribution in [3.63, 3.8) is 0 Å². The van der Waals surface area contributed by atoms with Gasteiger partial charge in [0.15, 0.2) is 0 Å². The van der Waals surface area contributed by atoms with Crippen molar-refractivity contribution in [2.45, 2.75) is 39.4 Å². The molecule has 0 aliphatic rings. The van der Waals surface area contributed by atoms with E-state index in [2.05, 4.69) is 39.8 Å². The molecule has 0 spiro atoms. The standard InChI is InChI=1S/C16H24O2Se/c1-6-18-15(17)14(12(2)16(3,4)5)19-13-10-8-7-9-11-13/h7-12,14H,6H2,1-5H3/t12-,14?/m1/s1. The van der Waals surface area contributed by atoms with Gasteiger partial charge in [0.05, 0.1) is 0 Å². The van der Waals surface area contributed by atoms with E-state index in [9.17, 15) is 4.79 Å². The van der Waals surface area contributed by atoms with Crippen molar-refractivity contribution in [1.82, 2.24) is 0 Å². The first-order chi connectivity index (χ1) is 8.86. The first kappa shape index (κ1) is 16.3. The Kier molecular flexibility index (Phi) is 6.09. The second kappa shape index (κ2) is 7.12. The number of ether oxygens (including phenoxy) is 1. The van der Waals surface area contributed by atoms with Gasteiger partial charge in [0.1, 0.15) is 0 Å². The molecular formula is C16H24O2Se. The molecule has 1 rings (SSSR count). The van der Waals surface area contributed by atoms with Gasteiger partial charge in [-0.3, -0.25) is 0 Å². The van der Waals surface area contributed by atoms with Crippen molar-refractivity contribution in [2.24, 2.45) is 11.3 Å². The van der Waals surface area contributed by atoms with Crippen LogP contribution in [-0.4, -0.2) is 27.5 Å². The molecule has 19 heavy (non-hydrogen) atoms. The topological polar surface area (TPSA) is 26.3 Å². The van der Waals surface area contributed by atoms with E-state index < -0.39 is 0 Å². The van der Waals surface area contributed by atoms with Crippen LogP contribution in [0, 0.1) is 11.3 Å². The predicted molar refractivity (Wildman–Crippen MR) is 80.8 cm³/mol. The van der Waals surface area contributed by atoms with Crippen LogP contribution in [0.25, 0.3) is 0 Å². The Morgan fingerprint density at radius 1 is 1.26 bits per heavy atom. The van der Waals surface area contributed by atoms with E-state index >= 15 is 0 Å². The Labute approximate surface area is 123 Å². The Morgan fingerprint density at radius 2 is 1.84 bits per heavy atom. The summed E-state index contributed by atoms with van der Waals surface area (Å²) >= 11 is 0.111. The number of hydrogen-bond donors (Lipinski definition) is 0. The minimum absolute atomic E-state index is 0.0187. The summed E-state index contributed by atoms with van der Waals surface area (Å²) in [5, 5.41) is 0. The van der Waals surface area contributed by atoms with Gasteiger partial charge >= 0.3 is 123 Å². The van der Waals surface area contributed by atoms with Crippen molar-refractivity contribution in [3.05, 3.63) is 30.3 Å². The summed E-state index contributed by atoms with van der Waals surface area (Å²) in [4.78, 5) is 12.2. The van der Waals surface area contributed by atoms with Gasteiger partial charge in [0, 0.05) is 0 Å². The molecule has 3 heteroatoms. The normalized spacial score (nSPS) is 14.8. The Bertz CT molecular complexity index is 395. The minimum atomic E-state index is -0.0474. The zero-order valence-corrected chi connectivity index (χ0v) is 14.2. The molecule has 0 N–H and O–H groups in total. The van der Waals surface area contributed by atoms with Crippen molar-refractivity contribution in [2.75, 3.05) is 6.61 Å². The molecule has 1 aromatic rings. The molecule has 0 radical (unpaired) electrons. The molecule has 1 aromatic carbocycles. The summed E-state index contributed by atoms with van der Waals surface area (Å²) in [5.41, 5.74) is 0.105. The van der Waals surface area contributed by atoms with Gasteiger partial charge in [-0.1, -0.05) is 0 Å². The SMILES string of the molecule is CCOC(=O)C([Se]c1ccccc1)[C@@H](C)C(C)(C)C. The summed E-state index contributed by atoms with van der Waals surface area (Å²) in [7, 11) is 0. The van der Waals surface area contributed by atoms with Crippen LogP contribution < -0.4 is 4.46 Å². The van der Waals surface area contributed by atoms with E-state index in [4.69, 9.17) is 4.74 Å². The molecule has 0 saturated carbocycles. The van der Waals surface area contributed by atoms with E-state index in [1.807, 2.05) is 25.1 Å². The van der Waals surface area contributed by atoms with Crippen molar-refractivity contribution in [1.29, 1.82) is 0 Å². The first-order valence-corrected chi connectivity index (χ1v) is 8.59. The predicted octanol–water partition coefficient (Wildman–Crippen LogP) is 3.05. The van der Waals surface area contributed by atoms with E-state index in [0.29, 0.717) is 12.5 Å². The summed E-state index contributed by atoms with van der Waals surface area (Å²) in [5.74, 6) is 0.250. The number of benzene rings is 1. The van der Waals surface area contributed by atoms with Crippen LogP contribution in [0.3, 0.4) is 0 Å². The molecule has 2 nitrogen and oxygen atoms in total. The van der Waals surface area contributed by atoms with Gasteiger partial charge in [-0.2, -0.15) is 0 Å². The van der Waals surface area contributed by atoms with Crippen molar-refractivity contribution < 1.29 is 9.53 Å². The Hall–Kier alpha value is -0.791. The molecule has 0 bridgehead atoms. The molecular weight excluding hydrogens is 303 g/mol. The monoisotopic (exact) mass is 328 g/mol. The van der Waals surface area contributed by atoms with Gasteiger partial charge < -0.3 is 0 Å².